The standard InChI is InChI=1S/C21H28N6O2/c28-18-5-8-21(12-26(18)10-6-15-11-22-14-23-15)7-2-9-27(13-21)20(29)19-16-3-1-4-17(16)24-25-19/h11,14H,1-10,12-13H2,(H,22,23)(H,24,25)/t21-/m0/s1. The Balaban J connectivity index is 1.28. The third-order valence-corrected chi connectivity index (χ3v) is 6.91. The van der Waals surface area contributed by atoms with E-state index in [2.05, 4.69) is 20.2 Å². The molecule has 2 fully saturated rings. The molecule has 0 radical (unpaired) electrons. The summed E-state index contributed by atoms with van der Waals surface area (Å²) in [7, 11) is 0. The van der Waals surface area contributed by atoms with Crippen LogP contribution in [0.4, 0.5) is 0 Å². The average molecular weight is 396 g/mol. The number of carbonyl (C=O) groups excluding carboxylic acids is 2. The number of aromatic amines is 2. The Hall–Kier alpha value is -2.64. The number of carbonyl (C=O) groups is 2. The van der Waals surface area contributed by atoms with E-state index in [-0.39, 0.29) is 17.2 Å². The maximum absolute atomic E-state index is 13.2. The predicted molar refractivity (Wildman–Crippen MR) is 106 cm³/mol. The highest BCUT2D eigenvalue weighted by Crippen LogP contribution is 2.39. The molecule has 8 nitrogen and oxygen atoms in total. The van der Waals surface area contributed by atoms with Crippen LogP contribution < -0.4 is 0 Å². The van der Waals surface area contributed by atoms with Crippen LogP contribution in [0, 0.1) is 5.41 Å². The molecule has 0 unspecified atom stereocenters. The van der Waals surface area contributed by atoms with Crippen molar-refractivity contribution >= 4 is 11.8 Å². The first-order chi connectivity index (χ1) is 14.1. The molecule has 4 heterocycles. The quantitative estimate of drug-likeness (QED) is 0.822. The van der Waals surface area contributed by atoms with Gasteiger partial charge in [0.15, 0.2) is 5.69 Å². The fourth-order valence-corrected chi connectivity index (χ4v) is 5.34. The molecule has 3 aliphatic rings. The smallest absolute Gasteiger partial charge is 0.274 e. The fourth-order valence-electron chi connectivity index (χ4n) is 5.34. The topological polar surface area (TPSA) is 98.0 Å². The Morgan fingerprint density at radius 2 is 2.10 bits per heavy atom. The highest BCUT2D eigenvalue weighted by Gasteiger charge is 2.43. The molecule has 0 aromatic carbocycles. The molecular formula is C21H28N6O2. The van der Waals surface area contributed by atoms with Crippen molar-refractivity contribution in [2.75, 3.05) is 26.2 Å². The molecule has 29 heavy (non-hydrogen) atoms. The maximum atomic E-state index is 13.2. The van der Waals surface area contributed by atoms with Gasteiger partial charge in [0.1, 0.15) is 0 Å². The van der Waals surface area contributed by atoms with Crippen LogP contribution in [0.3, 0.4) is 0 Å². The lowest BCUT2D eigenvalue weighted by molar-refractivity contribution is -0.138. The number of piperidine rings is 2. The lowest BCUT2D eigenvalue weighted by atomic mass is 9.73. The van der Waals surface area contributed by atoms with Gasteiger partial charge in [-0.3, -0.25) is 14.7 Å². The molecule has 0 bridgehead atoms. The van der Waals surface area contributed by atoms with Crippen LogP contribution in [0.1, 0.15) is 59.5 Å². The molecule has 2 saturated heterocycles. The van der Waals surface area contributed by atoms with Gasteiger partial charge in [-0.1, -0.05) is 0 Å². The summed E-state index contributed by atoms with van der Waals surface area (Å²) in [6, 6.07) is 0. The highest BCUT2D eigenvalue weighted by atomic mass is 16.2. The number of fused-ring (bicyclic) bond motifs is 1. The summed E-state index contributed by atoms with van der Waals surface area (Å²) in [6.45, 7) is 2.94. The minimum atomic E-state index is 0.00921. The van der Waals surface area contributed by atoms with Crippen LogP contribution in [0.15, 0.2) is 12.5 Å². The Bertz CT molecular complexity index is 904. The molecule has 1 spiro atoms. The van der Waals surface area contributed by atoms with Gasteiger partial charge in [0.25, 0.3) is 5.91 Å². The van der Waals surface area contributed by atoms with Crippen molar-refractivity contribution < 1.29 is 9.59 Å². The second-order valence-electron chi connectivity index (χ2n) is 8.86. The van der Waals surface area contributed by atoms with Crippen molar-refractivity contribution in [3.05, 3.63) is 35.2 Å². The molecule has 8 heteroatoms. The molecule has 5 rings (SSSR count). The Morgan fingerprint density at radius 3 is 2.97 bits per heavy atom. The van der Waals surface area contributed by atoms with E-state index in [0.29, 0.717) is 18.7 Å². The van der Waals surface area contributed by atoms with E-state index in [0.717, 1.165) is 81.5 Å². The molecule has 1 aliphatic carbocycles. The summed E-state index contributed by atoms with van der Waals surface area (Å²) in [6.07, 6.45) is 10.8. The molecule has 2 aromatic heterocycles. The number of nitrogens with zero attached hydrogens (tertiary/aromatic N) is 4. The Morgan fingerprint density at radius 1 is 1.17 bits per heavy atom. The number of imidazole rings is 1. The number of amides is 2. The zero-order chi connectivity index (χ0) is 19.8. The first-order valence-corrected chi connectivity index (χ1v) is 10.7. The van der Waals surface area contributed by atoms with Gasteiger partial charge in [-0.15, -0.1) is 0 Å². The van der Waals surface area contributed by atoms with E-state index in [9.17, 15) is 9.59 Å². The van der Waals surface area contributed by atoms with Gasteiger partial charge in [-0.2, -0.15) is 5.10 Å². The predicted octanol–water partition coefficient (Wildman–Crippen LogP) is 1.71. The van der Waals surface area contributed by atoms with Crippen LogP contribution in [-0.2, 0) is 24.1 Å². The van der Waals surface area contributed by atoms with Crippen LogP contribution in [0.25, 0.3) is 0 Å². The van der Waals surface area contributed by atoms with Crippen molar-refractivity contribution in [2.45, 2.75) is 51.4 Å². The number of aromatic nitrogens is 4. The highest BCUT2D eigenvalue weighted by molar-refractivity contribution is 5.94. The van der Waals surface area contributed by atoms with Gasteiger partial charge in [0.05, 0.1) is 6.33 Å². The lowest BCUT2D eigenvalue weighted by Gasteiger charge is -2.48. The Kier molecular flexibility index (Phi) is 4.64. The van der Waals surface area contributed by atoms with Gasteiger partial charge in [-0.25, -0.2) is 4.98 Å². The fraction of sp³-hybridized carbons (Fsp3) is 0.619. The molecular weight excluding hydrogens is 368 g/mol. The van der Waals surface area contributed by atoms with Gasteiger partial charge in [0.2, 0.25) is 5.91 Å². The number of likely N-dealkylation sites (tertiary alicyclic amines) is 2. The van der Waals surface area contributed by atoms with Crippen LogP contribution in [0.2, 0.25) is 0 Å². The number of rotatable bonds is 4. The van der Waals surface area contributed by atoms with Gasteiger partial charge >= 0.3 is 0 Å². The van der Waals surface area contributed by atoms with E-state index >= 15 is 0 Å². The van der Waals surface area contributed by atoms with Crippen molar-refractivity contribution in [1.29, 1.82) is 0 Å². The minimum absolute atomic E-state index is 0.00921. The van der Waals surface area contributed by atoms with Crippen molar-refractivity contribution in [2.24, 2.45) is 5.41 Å². The van der Waals surface area contributed by atoms with E-state index in [1.54, 1.807) is 6.33 Å². The summed E-state index contributed by atoms with van der Waals surface area (Å²) in [5.41, 5.74) is 3.93. The Labute approximate surface area is 170 Å². The summed E-state index contributed by atoms with van der Waals surface area (Å²) < 4.78 is 0. The summed E-state index contributed by atoms with van der Waals surface area (Å²) >= 11 is 0. The molecule has 1 atom stereocenters. The van der Waals surface area contributed by atoms with Crippen molar-refractivity contribution in [1.82, 2.24) is 30.0 Å². The molecule has 2 aliphatic heterocycles. The first-order valence-electron chi connectivity index (χ1n) is 10.7. The molecule has 154 valence electrons. The van der Waals surface area contributed by atoms with E-state index < -0.39 is 0 Å². The molecule has 2 aromatic rings. The number of hydrogen-bond donors (Lipinski definition) is 2. The number of hydrogen-bond acceptors (Lipinski definition) is 4. The lowest BCUT2D eigenvalue weighted by Crippen LogP contribution is -2.55. The summed E-state index contributed by atoms with van der Waals surface area (Å²) in [5.74, 6) is 0.285. The number of nitrogens with one attached hydrogen (secondary N) is 2. The van der Waals surface area contributed by atoms with E-state index in [1.165, 1.54) is 0 Å². The van der Waals surface area contributed by atoms with Gasteiger partial charge < -0.3 is 14.8 Å². The molecule has 2 amide bonds. The third kappa shape index (κ3) is 3.45. The largest absolute Gasteiger partial charge is 0.348 e. The minimum Gasteiger partial charge on any atom is -0.348 e. The second kappa shape index (κ2) is 7.31. The van der Waals surface area contributed by atoms with E-state index in [1.807, 2.05) is 16.0 Å². The summed E-state index contributed by atoms with van der Waals surface area (Å²) in [4.78, 5) is 36.9. The number of aryl methyl sites for hydroxylation is 1. The van der Waals surface area contributed by atoms with Crippen molar-refractivity contribution in [3.8, 4) is 0 Å². The molecule has 0 saturated carbocycles. The van der Waals surface area contributed by atoms with Crippen LogP contribution in [-0.4, -0.2) is 68.0 Å². The monoisotopic (exact) mass is 396 g/mol. The second-order valence-corrected chi connectivity index (χ2v) is 8.86. The first kappa shape index (κ1) is 18.4. The average Bonchev–Trinajstić information content (AvgIpc) is 3.47. The maximum Gasteiger partial charge on any atom is 0.274 e. The third-order valence-electron chi connectivity index (χ3n) is 6.91. The van der Waals surface area contributed by atoms with Crippen LogP contribution >= 0.6 is 0 Å². The normalized spacial score (nSPS) is 24.3. The van der Waals surface area contributed by atoms with Gasteiger partial charge in [0, 0.05) is 67.6 Å². The summed E-state index contributed by atoms with van der Waals surface area (Å²) in [5, 5.41) is 7.40. The van der Waals surface area contributed by atoms with Crippen LogP contribution in [0.5, 0.6) is 0 Å². The number of H-pyrrole nitrogens is 2. The van der Waals surface area contributed by atoms with E-state index in [4.69, 9.17) is 0 Å². The van der Waals surface area contributed by atoms with Crippen molar-refractivity contribution in [3.63, 3.8) is 0 Å². The van der Waals surface area contributed by atoms with Gasteiger partial charge in [-0.05, 0) is 38.5 Å². The SMILES string of the molecule is O=C1CC[C@@]2(CCCN(C(=O)c3n[nH]c4c3CCC4)C2)CN1CCc1cnc[nH]1. The molecule has 2 N–H and O–H groups in total. The zero-order valence-corrected chi connectivity index (χ0v) is 16.7. The zero-order valence-electron chi connectivity index (χ0n) is 16.7.